The molecule has 0 amide bonds. The predicted molar refractivity (Wildman–Crippen MR) is 105 cm³/mol. The second-order valence-corrected chi connectivity index (χ2v) is 7.47. The first kappa shape index (κ1) is 17.7. The van der Waals surface area contributed by atoms with E-state index in [9.17, 15) is 4.79 Å². The number of tetrazole rings is 1. The lowest BCUT2D eigenvalue weighted by Gasteiger charge is -2.07. The molecule has 0 unspecified atom stereocenters. The Balaban J connectivity index is 1.61. The third kappa shape index (κ3) is 3.58. The first-order chi connectivity index (χ1) is 13.0. The van der Waals surface area contributed by atoms with E-state index in [4.69, 9.17) is 11.6 Å². The Hall–Kier alpha value is -2.71. The lowest BCUT2D eigenvalue weighted by molar-refractivity contribution is 0.755. The Bertz CT molecular complexity index is 1200. The van der Waals surface area contributed by atoms with Crippen molar-refractivity contribution >= 4 is 29.0 Å². The topological polar surface area (TPSA) is 78.0 Å². The summed E-state index contributed by atoms with van der Waals surface area (Å²) in [6.45, 7) is 4.11. The van der Waals surface area contributed by atoms with Crippen LogP contribution in [0.4, 0.5) is 0 Å². The van der Waals surface area contributed by atoms with Gasteiger partial charge in [-0.1, -0.05) is 29.4 Å². The van der Waals surface area contributed by atoms with E-state index in [0.29, 0.717) is 27.3 Å². The van der Waals surface area contributed by atoms with Gasteiger partial charge in [0, 0.05) is 18.0 Å². The number of pyridine rings is 1. The van der Waals surface area contributed by atoms with Gasteiger partial charge in [0.25, 0.3) is 5.56 Å². The molecule has 4 aromatic rings. The van der Waals surface area contributed by atoms with Crippen LogP contribution in [-0.2, 0) is 5.75 Å². The molecule has 0 aliphatic carbocycles. The third-order valence-corrected chi connectivity index (χ3v) is 5.38. The molecule has 7 nitrogen and oxygen atoms in total. The van der Waals surface area contributed by atoms with Crippen LogP contribution in [0, 0.1) is 13.8 Å². The summed E-state index contributed by atoms with van der Waals surface area (Å²) in [7, 11) is 0. The van der Waals surface area contributed by atoms with Crippen LogP contribution >= 0.6 is 23.4 Å². The molecule has 0 atom stereocenters. The molecule has 0 saturated carbocycles. The molecule has 0 fully saturated rings. The molecule has 0 aliphatic rings. The summed E-state index contributed by atoms with van der Waals surface area (Å²) >= 11 is 7.36. The van der Waals surface area contributed by atoms with Gasteiger partial charge >= 0.3 is 0 Å². The Morgan fingerprint density at radius 3 is 2.78 bits per heavy atom. The van der Waals surface area contributed by atoms with Gasteiger partial charge in [-0.3, -0.25) is 9.20 Å². The number of fused-ring (bicyclic) bond motifs is 1. The van der Waals surface area contributed by atoms with E-state index in [0.717, 1.165) is 5.69 Å². The number of hydrogen-bond donors (Lipinski definition) is 0. The van der Waals surface area contributed by atoms with Crippen LogP contribution in [0.1, 0.15) is 16.8 Å². The van der Waals surface area contributed by atoms with Gasteiger partial charge in [-0.05, 0) is 59.7 Å². The zero-order valence-corrected chi connectivity index (χ0v) is 16.2. The van der Waals surface area contributed by atoms with Crippen LogP contribution in [-0.4, -0.2) is 29.6 Å². The van der Waals surface area contributed by atoms with E-state index in [1.54, 1.807) is 23.0 Å². The Kier molecular flexibility index (Phi) is 4.67. The average Bonchev–Trinajstić information content (AvgIpc) is 3.11. The van der Waals surface area contributed by atoms with Crippen molar-refractivity contribution in [3.8, 4) is 5.69 Å². The third-order valence-electron chi connectivity index (χ3n) is 4.20. The van der Waals surface area contributed by atoms with Crippen molar-refractivity contribution in [2.75, 3.05) is 0 Å². The number of thioether (sulfide) groups is 1. The maximum absolute atomic E-state index is 12.3. The van der Waals surface area contributed by atoms with Gasteiger partial charge in [-0.15, -0.1) is 5.10 Å². The van der Waals surface area contributed by atoms with E-state index in [1.165, 1.54) is 33.4 Å². The highest BCUT2D eigenvalue weighted by molar-refractivity contribution is 7.98. The van der Waals surface area contributed by atoms with Crippen LogP contribution < -0.4 is 5.56 Å². The van der Waals surface area contributed by atoms with Crippen molar-refractivity contribution < 1.29 is 0 Å². The number of aromatic nitrogens is 6. The monoisotopic (exact) mass is 398 g/mol. The molecule has 27 heavy (non-hydrogen) atoms. The molecule has 0 aliphatic heterocycles. The van der Waals surface area contributed by atoms with Crippen molar-refractivity contribution in [2.45, 2.75) is 24.8 Å². The van der Waals surface area contributed by atoms with Crippen molar-refractivity contribution in [1.82, 2.24) is 29.6 Å². The lowest BCUT2D eigenvalue weighted by Crippen LogP contribution is -2.15. The van der Waals surface area contributed by atoms with E-state index in [2.05, 4.69) is 34.4 Å². The predicted octanol–water partition coefficient (Wildman–Crippen LogP) is 3.23. The van der Waals surface area contributed by atoms with Gasteiger partial charge in [-0.2, -0.15) is 4.68 Å². The quantitative estimate of drug-likeness (QED) is 0.491. The van der Waals surface area contributed by atoms with E-state index < -0.39 is 0 Å². The summed E-state index contributed by atoms with van der Waals surface area (Å²) in [4.78, 5) is 16.8. The Morgan fingerprint density at radius 1 is 1.11 bits per heavy atom. The highest BCUT2D eigenvalue weighted by atomic mass is 35.5. The zero-order chi connectivity index (χ0) is 19.0. The number of nitrogens with zero attached hydrogens (tertiary/aromatic N) is 6. The SMILES string of the molecule is Cc1ccc(-n2nnnc2SCc2cc(=O)n3cc(Cl)ccc3n2)cc1C. The summed E-state index contributed by atoms with van der Waals surface area (Å²) < 4.78 is 3.11. The maximum Gasteiger partial charge on any atom is 0.258 e. The minimum Gasteiger partial charge on any atom is -0.269 e. The highest BCUT2D eigenvalue weighted by Crippen LogP contribution is 2.23. The summed E-state index contributed by atoms with van der Waals surface area (Å²) in [6.07, 6.45) is 1.56. The molecular weight excluding hydrogens is 384 g/mol. The molecule has 1 aromatic carbocycles. The van der Waals surface area contributed by atoms with Crippen molar-refractivity contribution in [3.05, 3.63) is 74.8 Å². The van der Waals surface area contributed by atoms with Gasteiger partial charge in [0.15, 0.2) is 0 Å². The first-order valence-electron chi connectivity index (χ1n) is 8.18. The molecule has 0 bridgehead atoms. The highest BCUT2D eigenvalue weighted by Gasteiger charge is 2.11. The molecule has 0 radical (unpaired) electrons. The minimum atomic E-state index is -0.174. The minimum absolute atomic E-state index is 0.174. The Labute approximate surface area is 164 Å². The smallest absolute Gasteiger partial charge is 0.258 e. The fraction of sp³-hybridized carbons (Fsp3) is 0.167. The van der Waals surface area contributed by atoms with Crippen LogP contribution in [0.5, 0.6) is 0 Å². The van der Waals surface area contributed by atoms with Crippen LogP contribution in [0.2, 0.25) is 5.02 Å². The Morgan fingerprint density at radius 2 is 1.96 bits per heavy atom. The van der Waals surface area contributed by atoms with Gasteiger partial charge in [0.1, 0.15) is 5.65 Å². The van der Waals surface area contributed by atoms with Gasteiger partial charge in [0.05, 0.1) is 16.4 Å². The maximum atomic E-state index is 12.3. The molecular formula is C18H15ClN6OS. The van der Waals surface area contributed by atoms with E-state index in [-0.39, 0.29) is 5.56 Å². The second kappa shape index (κ2) is 7.13. The molecule has 3 aromatic heterocycles. The van der Waals surface area contributed by atoms with Crippen molar-refractivity contribution in [3.63, 3.8) is 0 Å². The normalized spacial score (nSPS) is 11.2. The van der Waals surface area contributed by atoms with Crippen LogP contribution in [0.25, 0.3) is 11.3 Å². The molecule has 0 N–H and O–H groups in total. The second-order valence-electron chi connectivity index (χ2n) is 6.09. The summed E-state index contributed by atoms with van der Waals surface area (Å²) in [6, 6.07) is 11.0. The van der Waals surface area contributed by atoms with Gasteiger partial charge < -0.3 is 0 Å². The van der Waals surface area contributed by atoms with E-state index >= 15 is 0 Å². The molecule has 0 spiro atoms. The fourth-order valence-corrected chi connectivity index (χ4v) is 3.57. The number of halogens is 1. The summed E-state index contributed by atoms with van der Waals surface area (Å²) in [5, 5.41) is 13.1. The fourth-order valence-electron chi connectivity index (χ4n) is 2.63. The molecule has 4 rings (SSSR count). The van der Waals surface area contributed by atoms with Gasteiger partial charge in [0.2, 0.25) is 5.16 Å². The van der Waals surface area contributed by atoms with Crippen LogP contribution in [0.15, 0.2) is 52.5 Å². The standard InChI is InChI=1S/C18H15ClN6OS/c1-11-3-5-15(7-12(11)2)25-18(21-22-23-25)27-10-14-8-17(26)24-9-13(19)4-6-16(24)20-14/h3-9H,10H2,1-2H3. The average molecular weight is 399 g/mol. The molecule has 0 saturated heterocycles. The number of hydrogen-bond acceptors (Lipinski definition) is 6. The zero-order valence-electron chi connectivity index (χ0n) is 14.6. The largest absolute Gasteiger partial charge is 0.269 e. The number of benzene rings is 1. The van der Waals surface area contributed by atoms with Crippen LogP contribution in [0.3, 0.4) is 0 Å². The van der Waals surface area contributed by atoms with Crippen molar-refractivity contribution in [1.29, 1.82) is 0 Å². The first-order valence-corrected chi connectivity index (χ1v) is 9.54. The summed E-state index contributed by atoms with van der Waals surface area (Å²) in [5.41, 5.74) is 4.31. The number of aryl methyl sites for hydroxylation is 2. The molecule has 9 heteroatoms. The summed E-state index contributed by atoms with van der Waals surface area (Å²) in [5.74, 6) is 0.472. The molecule has 136 valence electrons. The van der Waals surface area contributed by atoms with Gasteiger partial charge in [-0.25, -0.2) is 4.98 Å². The lowest BCUT2D eigenvalue weighted by atomic mass is 10.1. The van der Waals surface area contributed by atoms with Crippen molar-refractivity contribution in [2.24, 2.45) is 0 Å². The molecule has 3 heterocycles. The number of rotatable bonds is 4. The van der Waals surface area contributed by atoms with E-state index in [1.807, 2.05) is 18.2 Å².